The minimum Gasteiger partial charge on any atom is -0.480 e. The Morgan fingerprint density at radius 1 is 1.35 bits per heavy atom. The smallest absolute Gasteiger partial charge is 0.326 e. The lowest BCUT2D eigenvalue weighted by molar-refractivity contribution is -0.143. The van der Waals surface area contributed by atoms with Crippen molar-refractivity contribution in [1.29, 1.82) is 0 Å². The Hall–Kier alpha value is -2.02. The molecule has 23 heavy (non-hydrogen) atoms. The fourth-order valence-electron chi connectivity index (χ4n) is 2.42. The average Bonchev–Trinajstić information content (AvgIpc) is 2.82. The number of carbonyl (C=O) groups is 2. The van der Waals surface area contributed by atoms with Gasteiger partial charge in [-0.15, -0.1) is 0 Å². The molecule has 6 nitrogen and oxygen atoms in total. The van der Waals surface area contributed by atoms with Gasteiger partial charge in [0.1, 0.15) is 18.4 Å². The number of aromatic nitrogens is 2. The Bertz CT molecular complexity index is 712. The lowest BCUT2D eigenvalue weighted by atomic mass is 10.1. The quantitative estimate of drug-likeness (QED) is 0.810. The van der Waals surface area contributed by atoms with Crippen LogP contribution in [0.2, 0.25) is 0 Å². The lowest BCUT2D eigenvalue weighted by Gasteiger charge is -2.18. The van der Waals surface area contributed by atoms with Crippen molar-refractivity contribution < 1.29 is 14.7 Å². The van der Waals surface area contributed by atoms with Crippen LogP contribution in [-0.4, -0.2) is 38.8 Å². The van der Waals surface area contributed by atoms with E-state index in [4.69, 9.17) is 0 Å². The summed E-state index contributed by atoms with van der Waals surface area (Å²) in [5.41, 5.74) is 1.71. The molecule has 0 saturated heterocycles. The summed E-state index contributed by atoms with van der Waals surface area (Å²) in [6.07, 6.45) is 1.98. The monoisotopic (exact) mass is 335 g/mol. The summed E-state index contributed by atoms with van der Waals surface area (Å²) >= 11 is 1.63. The third kappa shape index (κ3) is 4.04. The highest BCUT2D eigenvalue weighted by Gasteiger charge is 2.24. The zero-order valence-electron chi connectivity index (χ0n) is 13.4. The molecule has 1 amide bonds. The number of aliphatic carboxylic acids is 1. The zero-order chi connectivity index (χ0) is 17.0. The first-order valence-corrected chi connectivity index (χ1v) is 8.78. The van der Waals surface area contributed by atoms with Crippen molar-refractivity contribution in [2.45, 2.75) is 32.2 Å². The number of carbonyl (C=O) groups excluding carboxylic acids is 1. The van der Waals surface area contributed by atoms with Crippen molar-refractivity contribution in [2.24, 2.45) is 5.92 Å². The maximum atomic E-state index is 12.3. The summed E-state index contributed by atoms with van der Waals surface area (Å²) in [5.74, 6) is -0.0224. The van der Waals surface area contributed by atoms with Gasteiger partial charge < -0.3 is 15.0 Å². The molecule has 0 fully saturated rings. The molecule has 0 aliphatic heterocycles. The molecule has 0 aliphatic carbocycles. The molecule has 7 heteroatoms. The predicted octanol–water partition coefficient (Wildman–Crippen LogP) is 2.12. The van der Waals surface area contributed by atoms with Gasteiger partial charge in [-0.3, -0.25) is 4.79 Å². The van der Waals surface area contributed by atoms with Gasteiger partial charge in [-0.05, 0) is 24.3 Å². The Morgan fingerprint density at radius 3 is 2.65 bits per heavy atom. The van der Waals surface area contributed by atoms with E-state index in [-0.39, 0.29) is 18.4 Å². The Labute approximate surface area is 139 Å². The van der Waals surface area contributed by atoms with E-state index in [0.717, 1.165) is 16.9 Å². The minimum absolute atomic E-state index is 0.0624. The highest BCUT2D eigenvalue weighted by Crippen LogP contribution is 2.19. The molecule has 124 valence electrons. The van der Waals surface area contributed by atoms with Gasteiger partial charge in [0, 0.05) is 0 Å². The highest BCUT2D eigenvalue weighted by atomic mass is 32.2. The fraction of sp³-hybridized carbons (Fsp3) is 0.438. The molecule has 0 radical (unpaired) electrons. The van der Waals surface area contributed by atoms with E-state index in [9.17, 15) is 14.7 Å². The first-order valence-electron chi connectivity index (χ1n) is 7.39. The molecule has 1 heterocycles. The summed E-state index contributed by atoms with van der Waals surface area (Å²) in [7, 11) is 0. The van der Waals surface area contributed by atoms with Crippen molar-refractivity contribution in [3.63, 3.8) is 0 Å². The first-order chi connectivity index (χ1) is 10.9. The van der Waals surface area contributed by atoms with E-state index in [0.29, 0.717) is 5.75 Å². The standard InChI is InChI=1S/C16H21N3O3S/c1-10(2)15(16(21)22)18-14(20)8-19-12-7-5-4-6-11(12)17-13(19)9-23-3/h4-7,10,15H,8-9H2,1-3H3,(H,18,20)(H,21,22). The van der Waals surface area contributed by atoms with Gasteiger partial charge in [0.15, 0.2) is 0 Å². The summed E-state index contributed by atoms with van der Waals surface area (Å²) in [4.78, 5) is 28.1. The molecule has 0 spiro atoms. The van der Waals surface area contributed by atoms with Crippen LogP contribution in [0.1, 0.15) is 19.7 Å². The predicted molar refractivity (Wildman–Crippen MR) is 91.4 cm³/mol. The number of nitrogens with zero attached hydrogens (tertiary/aromatic N) is 2. The normalized spacial score (nSPS) is 12.5. The Morgan fingerprint density at radius 2 is 2.04 bits per heavy atom. The number of amides is 1. The van der Waals surface area contributed by atoms with Crippen LogP contribution < -0.4 is 5.32 Å². The van der Waals surface area contributed by atoms with Crippen molar-refractivity contribution in [1.82, 2.24) is 14.9 Å². The van der Waals surface area contributed by atoms with Gasteiger partial charge in [0.2, 0.25) is 5.91 Å². The van der Waals surface area contributed by atoms with Crippen LogP contribution in [0.25, 0.3) is 11.0 Å². The van der Waals surface area contributed by atoms with Gasteiger partial charge in [0.05, 0.1) is 16.8 Å². The van der Waals surface area contributed by atoms with Crippen LogP contribution in [0.5, 0.6) is 0 Å². The molecule has 1 aromatic heterocycles. The minimum atomic E-state index is -1.02. The maximum Gasteiger partial charge on any atom is 0.326 e. The number of fused-ring (bicyclic) bond motifs is 1. The van der Waals surface area contributed by atoms with E-state index >= 15 is 0 Å². The number of thioether (sulfide) groups is 1. The van der Waals surface area contributed by atoms with Crippen LogP contribution >= 0.6 is 11.8 Å². The van der Waals surface area contributed by atoms with Gasteiger partial charge in [0.25, 0.3) is 0 Å². The van der Waals surface area contributed by atoms with Crippen molar-refractivity contribution >= 4 is 34.7 Å². The SMILES string of the molecule is CSCc1nc2ccccc2n1CC(=O)NC(C(=O)O)C(C)C. The highest BCUT2D eigenvalue weighted by molar-refractivity contribution is 7.97. The van der Waals surface area contributed by atoms with Gasteiger partial charge in [-0.1, -0.05) is 26.0 Å². The second-order valence-corrected chi connectivity index (χ2v) is 6.53. The summed E-state index contributed by atoms with van der Waals surface area (Å²) in [6, 6.07) is 6.73. The van der Waals surface area contributed by atoms with Crippen LogP contribution in [0.3, 0.4) is 0 Å². The van der Waals surface area contributed by atoms with E-state index in [1.165, 1.54) is 0 Å². The number of para-hydroxylation sites is 2. The van der Waals surface area contributed by atoms with Gasteiger partial charge >= 0.3 is 5.97 Å². The Balaban J connectivity index is 2.24. The van der Waals surface area contributed by atoms with Crippen molar-refractivity contribution in [3.05, 3.63) is 30.1 Å². The zero-order valence-corrected chi connectivity index (χ0v) is 14.3. The molecule has 1 unspecified atom stereocenters. The molecule has 2 N–H and O–H groups in total. The van der Waals surface area contributed by atoms with Crippen molar-refractivity contribution in [3.8, 4) is 0 Å². The summed E-state index contributed by atoms with van der Waals surface area (Å²) in [6.45, 7) is 3.60. The van der Waals surface area contributed by atoms with Crippen LogP contribution in [-0.2, 0) is 21.9 Å². The van der Waals surface area contributed by atoms with E-state index < -0.39 is 12.0 Å². The largest absolute Gasteiger partial charge is 0.480 e. The second-order valence-electron chi connectivity index (χ2n) is 5.66. The molecule has 1 aromatic carbocycles. The van der Waals surface area contributed by atoms with Crippen LogP contribution in [0.15, 0.2) is 24.3 Å². The lowest BCUT2D eigenvalue weighted by Crippen LogP contribution is -2.45. The van der Waals surface area contributed by atoms with E-state index in [2.05, 4.69) is 10.3 Å². The summed E-state index contributed by atoms with van der Waals surface area (Å²) < 4.78 is 1.85. The second kappa shape index (κ2) is 7.50. The molecule has 2 aromatic rings. The third-order valence-electron chi connectivity index (χ3n) is 3.56. The Kier molecular flexibility index (Phi) is 5.65. The van der Waals surface area contributed by atoms with Crippen LogP contribution in [0.4, 0.5) is 0 Å². The number of hydrogen-bond acceptors (Lipinski definition) is 4. The first kappa shape index (κ1) is 17.3. The van der Waals surface area contributed by atoms with Crippen LogP contribution in [0, 0.1) is 5.92 Å². The number of carboxylic acids is 1. The number of carboxylic acid groups (broad SMARTS) is 1. The molecule has 1 atom stereocenters. The number of benzene rings is 1. The summed E-state index contributed by atoms with van der Waals surface area (Å²) in [5, 5.41) is 11.8. The molecular formula is C16H21N3O3S. The third-order valence-corrected chi connectivity index (χ3v) is 4.10. The average molecular weight is 335 g/mol. The fourth-order valence-corrected chi connectivity index (χ4v) is 2.90. The number of imidazole rings is 1. The van der Waals surface area contributed by atoms with Crippen molar-refractivity contribution in [2.75, 3.05) is 6.26 Å². The van der Waals surface area contributed by atoms with E-state index in [1.54, 1.807) is 25.6 Å². The number of nitrogens with one attached hydrogen (secondary N) is 1. The van der Waals surface area contributed by atoms with E-state index in [1.807, 2.05) is 35.1 Å². The number of rotatable bonds is 7. The molecule has 0 aliphatic rings. The van der Waals surface area contributed by atoms with Gasteiger partial charge in [-0.25, -0.2) is 9.78 Å². The molecule has 0 bridgehead atoms. The van der Waals surface area contributed by atoms with Gasteiger partial charge in [-0.2, -0.15) is 11.8 Å². The molecular weight excluding hydrogens is 314 g/mol. The topological polar surface area (TPSA) is 84.2 Å². The number of hydrogen-bond donors (Lipinski definition) is 2. The molecule has 0 saturated carbocycles. The molecule has 2 rings (SSSR count). The maximum absolute atomic E-state index is 12.3.